The van der Waals surface area contributed by atoms with Gasteiger partial charge in [0.1, 0.15) is 23.3 Å². The molecule has 0 spiro atoms. The van der Waals surface area contributed by atoms with Crippen LogP contribution in [0.1, 0.15) is 25.6 Å². The molecular weight excluding hydrogens is 267 g/mol. The van der Waals surface area contributed by atoms with Gasteiger partial charge in [0.2, 0.25) is 0 Å². The lowest BCUT2D eigenvalue weighted by atomic mass is 10.3. The van der Waals surface area contributed by atoms with Gasteiger partial charge in [-0.25, -0.2) is 14.4 Å². The summed E-state index contributed by atoms with van der Waals surface area (Å²) in [6, 6.07) is 8.22. The van der Waals surface area contributed by atoms with Gasteiger partial charge >= 0.3 is 0 Å². The fourth-order valence-corrected chi connectivity index (χ4v) is 2.04. The Kier molecular flexibility index (Phi) is 5.09. The summed E-state index contributed by atoms with van der Waals surface area (Å²) in [6.07, 6.45) is 2.26. The van der Waals surface area contributed by atoms with Gasteiger partial charge in [-0.3, -0.25) is 0 Å². The number of unbranched alkanes of at least 4 members (excludes halogenated alkanes) is 1. The first-order valence-electron chi connectivity index (χ1n) is 7.18. The molecule has 0 atom stereocenters. The molecule has 1 aromatic heterocycles. The topological polar surface area (TPSA) is 41.0 Å². The number of hydrogen-bond donors (Lipinski definition) is 1. The van der Waals surface area contributed by atoms with Crippen molar-refractivity contribution in [2.45, 2.75) is 26.7 Å². The van der Waals surface area contributed by atoms with E-state index in [1.165, 1.54) is 12.1 Å². The van der Waals surface area contributed by atoms with Gasteiger partial charge in [0.15, 0.2) is 0 Å². The zero-order valence-corrected chi connectivity index (χ0v) is 12.7. The van der Waals surface area contributed by atoms with Crippen molar-refractivity contribution in [1.29, 1.82) is 0 Å². The Morgan fingerprint density at radius 1 is 1.24 bits per heavy atom. The van der Waals surface area contributed by atoms with E-state index in [0.717, 1.165) is 25.2 Å². The average Bonchev–Trinajstić information content (AvgIpc) is 2.44. The number of hydrogen-bond acceptors (Lipinski definition) is 4. The van der Waals surface area contributed by atoms with Gasteiger partial charge in [-0.1, -0.05) is 19.4 Å². The number of anilines is 3. The summed E-state index contributed by atoms with van der Waals surface area (Å²) in [7, 11) is 2.02. The molecule has 0 bridgehead atoms. The lowest BCUT2D eigenvalue weighted by Crippen LogP contribution is -2.20. The molecule has 4 nitrogen and oxygen atoms in total. The van der Waals surface area contributed by atoms with Gasteiger partial charge in [-0.15, -0.1) is 0 Å². The summed E-state index contributed by atoms with van der Waals surface area (Å²) in [5.74, 6) is 1.96. The van der Waals surface area contributed by atoms with E-state index in [1.807, 2.05) is 20.0 Å². The van der Waals surface area contributed by atoms with Crippen molar-refractivity contribution >= 4 is 17.3 Å². The van der Waals surface area contributed by atoms with Crippen molar-refractivity contribution < 1.29 is 4.39 Å². The second kappa shape index (κ2) is 7.02. The van der Waals surface area contributed by atoms with Crippen LogP contribution < -0.4 is 10.2 Å². The highest BCUT2D eigenvalue weighted by molar-refractivity contribution is 5.59. The zero-order valence-electron chi connectivity index (χ0n) is 12.7. The van der Waals surface area contributed by atoms with E-state index in [-0.39, 0.29) is 5.82 Å². The second-order valence-corrected chi connectivity index (χ2v) is 5.07. The summed E-state index contributed by atoms with van der Waals surface area (Å²) in [4.78, 5) is 10.9. The van der Waals surface area contributed by atoms with E-state index >= 15 is 0 Å². The molecule has 0 saturated heterocycles. The molecule has 0 radical (unpaired) electrons. The first-order valence-corrected chi connectivity index (χ1v) is 7.18. The molecule has 1 heterocycles. The minimum absolute atomic E-state index is 0.272. The summed E-state index contributed by atoms with van der Waals surface area (Å²) >= 11 is 0. The third kappa shape index (κ3) is 4.41. The third-order valence-electron chi connectivity index (χ3n) is 3.16. The normalized spacial score (nSPS) is 10.5. The molecule has 0 aliphatic rings. The molecule has 0 saturated carbocycles. The van der Waals surface area contributed by atoms with Gasteiger partial charge in [0.25, 0.3) is 0 Å². The Morgan fingerprint density at radius 2 is 2.05 bits per heavy atom. The number of halogens is 1. The standard InChI is InChI=1S/C16H21FN4/c1-4-5-9-21(3)16-11-15(18-12(2)19-16)20-14-8-6-7-13(17)10-14/h6-8,10-11H,4-5,9H2,1-3H3,(H,18,19,20). The van der Waals surface area contributed by atoms with E-state index in [9.17, 15) is 4.39 Å². The molecule has 0 unspecified atom stereocenters. The number of aryl methyl sites for hydroxylation is 1. The highest BCUT2D eigenvalue weighted by Gasteiger charge is 2.07. The highest BCUT2D eigenvalue weighted by atomic mass is 19.1. The highest BCUT2D eigenvalue weighted by Crippen LogP contribution is 2.20. The van der Waals surface area contributed by atoms with Gasteiger partial charge in [-0.2, -0.15) is 0 Å². The number of nitrogens with zero attached hydrogens (tertiary/aromatic N) is 3. The molecule has 2 aromatic rings. The van der Waals surface area contributed by atoms with Crippen molar-refractivity contribution in [3.8, 4) is 0 Å². The molecule has 0 fully saturated rings. The smallest absolute Gasteiger partial charge is 0.136 e. The third-order valence-corrected chi connectivity index (χ3v) is 3.16. The number of benzene rings is 1. The Labute approximate surface area is 125 Å². The maximum Gasteiger partial charge on any atom is 0.136 e. The predicted molar refractivity (Wildman–Crippen MR) is 84.6 cm³/mol. The molecule has 0 amide bonds. The molecule has 2 rings (SSSR count). The van der Waals surface area contributed by atoms with Crippen LogP contribution in [0.5, 0.6) is 0 Å². The minimum Gasteiger partial charge on any atom is -0.360 e. The molecule has 112 valence electrons. The Morgan fingerprint density at radius 3 is 2.76 bits per heavy atom. The van der Waals surface area contributed by atoms with Crippen LogP contribution in [0.25, 0.3) is 0 Å². The first kappa shape index (κ1) is 15.2. The van der Waals surface area contributed by atoms with E-state index in [2.05, 4.69) is 27.1 Å². The van der Waals surface area contributed by atoms with Crippen LogP contribution in [-0.4, -0.2) is 23.6 Å². The monoisotopic (exact) mass is 288 g/mol. The Hall–Kier alpha value is -2.17. The van der Waals surface area contributed by atoms with Crippen LogP contribution in [-0.2, 0) is 0 Å². The van der Waals surface area contributed by atoms with Gasteiger partial charge < -0.3 is 10.2 Å². The van der Waals surface area contributed by atoms with Crippen LogP contribution in [0.4, 0.5) is 21.7 Å². The van der Waals surface area contributed by atoms with Crippen LogP contribution >= 0.6 is 0 Å². The minimum atomic E-state index is -0.272. The molecular formula is C16H21FN4. The molecule has 0 aliphatic carbocycles. The summed E-state index contributed by atoms with van der Waals surface area (Å²) < 4.78 is 13.2. The fourth-order valence-electron chi connectivity index (χ4n) is 2.04. The van der Waals surface area contributed by atoms with Crippen molar-refractivity contribution in [1.82, 2.24) is 9.97 Å². The molecule has 1 aromatic carbocycles. The summed E-state index contributed by atoms with van der Waals surface area (Å²) in [5, 5.41) is 3.12. The van der Waals surface area contributed by atoms with Crippen LogP contribution in [0.15, 0.2) is 30.3 Å². The van der Waals surface area contributed by atoms with E-state index in [1.54, 1.807) is 12.1 Å². The molecule has 1 N–H and O–H groups in total. The van der Waals surface area contributed by atoms with E-state index < -0.39 is 0 Å². The molecule has 5 heteroatoms. The van der Waals surface area contributed by atoms with Crippen LogP contribution in [0.2, 0.25) is 0 Å². The summed E-state index contributed by atoms with van der Waals surface area (Å²) in [6.45, 7) is 4.97. The number of aromatic nitrogens is 2. The zero-order chi connectivity index (χ0) is 15.2. The predicted octanol–water partition coefficient (Wildman–Crippen LogP) is 3.90. The average molecular weight is 288 g/mol. The maximum atomic E-state index is 13.2. The lowest BCUT2D eigenvalue weighted by Gasteiger charge is -2.19. The lowest BCUT2D eigenvalue weighted by molar-refractivity contribution is 0.628. The van der Waals surface area contributed by atoms with Crippen molar-refractivity contribution in [2.24, 2.45) is 0 Å². The van der Waals surface area contributed by atoms with Gasteiger partial charge in [0.05, 0.1) is 0 Å². The van der Waals surface area contributed by atoms with Crippen molar-refractivity contribution in [2.75, 3.05) is 23.8 Å². The number of rotatable bonds is 6. The molecule has 0 aliphatic heterocycles. The Balaban J connectivity index is 2.18. The fraction of sp³-hybridized carbons (Fsp3) is 0.375. The van der Waals surface area contributed by atoms with Gasteiger partial charge in [0, 0.05) is 25.3 Å². The van der Waals surface area contributed by atoms with E-state index in [0.29, 0.717) is 17.3 Å². The maximum absolute atomic E-state index is 13.2. The van der Waals surface area contributed by atoms with Crippen molar-refractivity contribution in [3.05, 3.63) is 42.0 Å². The quantitative estimate of drug-likeness (QED) is 0.875. The summed E-state index contributed by atoms with van der Waals surface area (Å²) in [5.41, 5.74) is 0.676. The van der Waals surface area contributed by atoms with E-state index in [4.69, 9.17) is 0 Å². The van der Waals surface area contributed by atoms with Crippen LogP contribution in [0, 0.1) is 12.7 Å². The van der Waals surface area contributed by atoms with Gasteiger partial charge in [-0.05, 0) is 31.5 Å². The SMILES string of the molecule is CCCCN(C)c1cc(Nc2cccc(F)c2)nc(C)n1. The first-order chi connectivity index (χ1) is 10.1. The molecule has 21 heavy (non-hydrogen) atoms. The van der Waals surface area contributed by atoms with Crippen molar-refractivity contribution in [3.63, 3.8) is 0 Å². The van der Waals surface area contributed by atoms with Crippen LogP contribution in [0.3, 0.4) is 0 Å². The number of nitrogens with one attached hydrogen (secondary N) is 1. The Bertz CT molecular complexity index is 601. The largest absolute Gasteiger partial charge is 0.360 e. The second-order valence-electron chi connectivity index (χ2n) is 5.07.